The maximum absolute atomic E-state index is 12.2. The van der Waals surface area contributed by atoms with E-state index in [9.17, 15) is 4.79 Å². The van der Waals surface area contributed by atoms with Gasteiger partial charge in [0.15, 0.2) is 11.5 Å². The summed E-state index contributed by atoms with van der Waals surface area (Å²) in [4.78, 5) is 12.2. The average molecular weight is 276 g/mol. The molecular weight excluding hydrogens is 256 g/mol. The smallest absolute Gasteiger partial charge is 0.228 e. The number of carbonyl (C=O) groups excluding carboxylic acids is 1. The fourth-order valence-corrected chi connectivity index (χ4v) is 2.56. The molecule has 2 aliphatic rings. The summed E-state index contributed by atoms with van der Waals surface area (Å²) < 4.78 is 11.2. The Morgan fingerprint density at radius 1 is 1.20 bits per heavy atom. The number of benzene rings is 1. The van der Waals surface area contributed by atoms with Crippen LogP contribution in [-0.2, 0) is 4.79 Å². The first-order valence-electron chi connectivity index (χ1n) is 7.24. The second-order valence-electron chi connectivity index (χ2n) is 5.24. The van der Waals surface area contributed by atoms with E-state index in [-0.39, 0.29) is 11.8 Å². The van der Waals surface area contributed by atoms with Crippen LogP contribution in [0.1, 0.15) is 19.3 Å². The maximum atomic E-state index is 12.2. The topological polar surface area (TPSA) is 59.6 Å². The van der Waals surface area contributed by atoms with Gasteiger partial charge in [0.25, 0.3) is 0 Å². The van der Waals surface area contributed by atoms with Crippen LogP contribution in [-0.4, -0.2) is 32.2 Å². The molecule has 1 saturated heterocycles. The van der Waals surface area contributed by atoms with Gasteiger partial charge in [0.2, 0.25) is 5.91 Å². The molecule has 2 aliphatic heterocycles. The Bertz CT molecular complexity index is 484. The Kier molecular flexibility index (Phi) is 4.06. The highest BCUT2D eigenvalue weighted by Crippen LogP contribution is 2.32. The predicted octanol–water partition coefficient (Wildman–Crippen LogP) is 1.79. The highest BCUT2D eigenvalue weighted by molar-refractivity contribution is 5.93. The summed E-state index contributed by atoms with van der Waals surface area (Å²) >= 11 is 0. The van der Waals surface area contributed by atoms with E-state index in [1.807, 2.05) is 18.2 Å². The van der Waals surface area contributed by atoms with Crippen LogP contribution in [0.4, 0.5) is 5.69 Å². The Labute approximate surface area is 118 Å². The van der Waals surface area contributed by atoms with Crippen LogP contribution >= 0.6 is 0 Å². The number of fused-ring (bicyclic) bond motifs is 1. The molecule has 3 rings (SSSR count). The van der Waals surface area contributed by atoms with Gasteiger partial charge in [0.05, 0.1) is 19.1 Å². The quantitative estimate of drug-likeness (QED) is 0.864. The van der Waals surface area contributed by atoms with Crippen molar-refractivity contribution >= 4 is 11.6 Å². The molecule has 0 spiro atoms. The Hall–Kier alpha value is -1.75. The second kappa shape index (κ2) is 6.13. The second-order valence-corrected chi connectivity index (χ2v) is 5.24. The molecule has 1 amide bonds. The normalized spacial score (nSPS) is 21.9. The monoisotopic (exact) mass is 276 g/mol. The first-order chi connectivity index (χ1) is 9.83. The summed E-state index contributed by atoms with van der Waals surface area (Å²) in [6.07, 6.45) is 2.88. The molecule has 5 heteroatoms. The summed E-state index contributed by atoms with van der Waals surface area (Å²) in [5.41, 5.74) is 0.768. The molecule has 0 unspecified atom stereocenters. The molecule has 0 saturated carbocycles. The van der Waals surface area contributed by atoms with Crippen LogP contribution in [0.3, 0.4) is 0 Å². The summed E-state index contributed by atoms with van der Waals surface area (Å²) in [5.74, 6) is 1.59. The molecule has 20 heavy (non-hydrogen) atoms. The zero-order valence-corrected chi connectivity index (χ0v) is 11.5. The van der Waals surface area contributed by atoms with E-state index in [0.29, 0.717) is 19.0 Å². The van der Waals surface area contributed by atoms with Gasteiger partial charge >= 0.3 is 0 Å². The van der Waals surface area contributed by atoms with Crippen molar-refractivity contribution < 1.29 is 14.3 Å². The lowest BCUT2D eigenvalue weighted by Crippen LogP contribution is -2.37. The molecule has 0 radical (unpaired) electrons. The molecule has 0 bridgehead atoms. The fourth-order valence-electron chi connectivity index (χ4n) is 2.56. The number of carbonyl (C=O) groups is 1. The highest BCUT2D eigenvalue weighted by Gasteiger charge is 2.21. The van der Waals surface area contributed by atoms with Gasteiger partial charge in [0.1, 0.15) is 0 Å². The van der Waals surface area contributed by atoms with E-state index < -0.39 is 0 Å². The molecule has 2 N–H and O–H groups in total. The number of amides is 1. The molecule has 108 valence electrons. The summed E-state index contributed by atoms with van der Waals surface area (Å²) in [7, 11) is 0. The van der Waals surface area contributed by atoms with Crippen LogP contribution < -0.4 is 20.1 Å². The third-order valence-electron chi connectivity index (χ3n) is 3.68. The number of piperidine rings is 1. The third kappa shape index (κ3) is 3.04. The first-order valence-corrected chi connectivity index (χ1v) is 7.24. The molecule has 0 aliphatic carbocycles. The Morgan fingerprint density at radius 3 is 2.85 bits per heavy atom. The van der Waals surface area contributed by atoms with Crippen LogP contribution in [0.15, 0.2) is 18.2 Å². The molecule has 5 nitrogen and oxygen atoms in total. The number of hydrogen-bond donors (Lipinski definition) is 2. The molecule has 1 fully saturated rings. The fraction of sp³-hybridized carbons (Fsp3) is 0.533. The van der Waals surface area contributed by atoms with Crippen molar-refractivity contribution in [3.63, 3.8) is 0 Å². The zero-order valence-electron chi connectivity index (χ0n) is 11.5. The van der Waals surface area contributed by atoms with Crippen LogP contribution in [0.25, 0.3) is 0 Å². The maximum Gasteiger partial charge on any atom is 0.228 e. The first kappa shape index (κ1) is 13.2. The third-order valence-corrected chi connectivity index (χ3v) is 3.68. The van der Waals surface area contributed by atoms with Crippen molar-refractivity contribution in [3.05, 3.63) is 18.2 Å². The van der Waals surface area contributed by atoms with E-state index in [0.717, 1.165) is 43.8 Å². The van der Waals surface area contributed by atoms with Gasteiger partial charge in [-0.05, 0) is 31.5 Å². The van der Waals surface area contributed by atoms with Crippen molar-refractivity contribution in [2.45, 2.75) is 19.3 Å². The molecular formula is C15H20N2O3. The van der Waals surface area contributed by atoms with Crippen molar-refractivity contribution in [3.8, 4) is 11.5 Å². The standard InChI is InChI=1S/C15H20N2O3/c18-15(11-3-1-6-16-10-11)17-12-4-5-13-14(9-12)20-8-2-7-19-13/h4-5,9,11,16H,1-3,6-8,10H2,(H,17,18)/t11-/m0/s1. The van der Waals surface area contributed by atoms with Gasteiger partial charge in [-0.15, -0.1) is 0 Å². The number of nitrogens with one attached hydrogen (secondary N) is 2. The van der Waals surface area contributed by atoms with E-state index >= 15 is 0 Å². The van der Waals surface area contributed by atoms with Crippen LogP contribution in [0.2, 0.25) is 0 Å². The molecule has 1 aromatic carbocycles. The lowest BCUT2D eigenvalue weighted by Gasteiger charge is -2.22. The SMILES string of the molecule is O=C(Nc1ccc2c(c1)OCCCO2)[C@H]1CCCNC1. The minimum Gasteiger partial charge on any atom is -0.490 e. The number of ether oxygens (including phenoxy) is 2. The Balaban J connectivity index is 1.68. The van der Waals surface area contributed by atoms with Crippen molar-refractivity contribution in [1.29, 1.82) is 0 Å². The number of hydrogen-bond acceptors (Lipinski definition) is 4. The largest absolute Gasteiger partial charge is 0.490 e. The van der Waals surface area contributed by atoms with Crippen LogP contribution in [0, 0.1) is 5.92 Å². The molecule has 1 atom stereocenters. The van der Waals surface area contributed by atoms with Gasteiger partial charge in [-0.25, -0.2) is 0 Å². The van der Waals surface area contributed by atoms with Gasteiger partial charge in [-0.2, -0.15) is 0 Å². The van der Waals surface area contributed by atoms with Gasteiger partial charge in [-0.1, -0.05) is 0 Å². The predicted molar refractivity (Wildman–Crippen MR) is 76.3 cm³/mol. The number of anilines is 1. The Morgan fingerprint density at radius 2 is 2.05 bits per heavy atom. The van der Waals surface area contributed by atoms with Crippen LogP contribution in [0.5, 0.6) is 11.5 Å². The zero-order chi connectivity index (χ0) is 13.8. The van der Waals surface area contributed by atoms with Gasteiger partial charge in [0, 0.05) is 24.7 Å². The molecule has 1 aromatic rings. The van der Waals surface area contributed by atoms with Crippen molar-refractivity contribution in [2.24, 2.45) is 5.92 Å². The number of rotatable bonds is 2. The average Bonchev–Trinajstić information content (AvgIpc) is 2.73. The summed E-state index contributed by atoms with van der Waals surface area (Å²) in [6.45, 7) is 3.09. The van der Waals surface area contributed by atoms with E-state index in [4.69, 9.17) is 9.47 Å². The van der Waals surface area contributed by atoms with Crippen molar-refractivity contribution in [1.82, 2.24) is 5.32 Å². The summed E-state index contributed by atoms with van der Waals surface area (Å²) in [6, 6.07) is 5.56. The van der Waals surface area contributed by atoms with Crippen molar-refractivity contribution in [2.75, 3.05) is 31.6 Å². The van der Waals surface area contributed by atoms with E-state index in [1.54, 1.807) is 0 Å². The molecule has 2 heterocycles. The minimum absolute atomic E-state index is 0.0553. The van der Waals surface area contributed by atoms with Gasteiger partial charge in [-0.3, -0.25) is 4.79 Å². The lowest BCUT2D eigenvalue weighted by atomic mass is 9.99. The van der Waals surface area contributed by atoms with E-state index in [2.05, 4.69) is 10.6 Å². The minimum atomic E-state index is 0.0553. The van der Waals surface area contributed by atoms with Gasteiger partial charge < -0.3 is 20.1 Å². The highest BCUT2D eigenvalue weighted by atomic mass is 16.5. The molecule has 0 aromatic heterocycles. The summed E-state index contributed by atoms with van der Waals surface area (Å²) in [5, 5.41) is 6.22. The van der Waals surface area contributed by atoms with E-state index in [1.165, 1.54) is 0 Å². The lowest BCUT2D eigenvalue weighted by molar-refractivity contribution is -0.120.